The first-order chi connectivity index (χ1) is 12.5. The Labute approximate surface area is 157 Å². The van der Waals surface area contributed by atoms with E-state index in [1.165, 1.54) is 6.07 Å². The van der Waals surface area contributed by atoms with Crippen molar-refractivity contribution < 1.29 is 9.50 Å². The van der Waals surface area contributed by atoms with Gasteiger partial charge in [0, 0.05) is 35.1 Å². The van der Waals surface area contributed by atoms with Gasteiger partial charge in [0.25, 0.3) is 0 Å². The lowest BCUT2D eigenvalue weighted by Gasteiger charge is -2.14. The topological polar surface area (TPSA) is 38.0 Å². The molecule has 0 unspecified atom stereocenters. The number of rotatable bonds is 6. The summed E-state index contributed by atoms with van der Waals surface area (Å²) in [5.74, 6) is 0.0121. The van der Waals surface area contributed by atoms with Gasteiger partial charge in [0.15, 0.2) is 0 Å². The van der Waals surface area contributed by atoms with Gasteiger partial charge in [0.1, 0.15) is 5.82 Å². The third-order valence-corrected chi connectivity index (χ3v) is 5.60. The Kier molecular flexibility index (Phi) is 5.79. The molecular weight excluding hydrogens is 347 g/mol. The predicted octanol–water partition coefficient (Wildman–Crippen LogP) is 5.15. The molecule has 0 aliphatic rings. The Bertz CT molecular complexity index is 891. The van der Waals surface area contributed by atoms with E-state index in [0.717, 1.165) is 32.3 Å². The summed E-state index contributed by atoms with van der Waals surface area (Å²) < 4.78 is 15.9. The van der Waals surface area contributed by atoms with E-state index < -0.39 is 0 Å². The highest BCUT2D eigenvalue weighted by molar-refractivity contribution is 7.99. The van der Waals surface area contributed by atoms with Crippen molar-refractivity contribution >= 4 is 11.8 Å². The minimum atomic E-state index is -0.243. The van der Waals surface area contributed by atoms with Crippen molar-refractivity contribution in [3.63, 3.8) is 0 Å². The average molecular weight is 370 g/mol. The van der Waals surface area contributed by atoms with E-state index in [1.54, 1.807) is 36.3 Å². The molecule has 0 spiro atoms. The van der Waals surface area contributed by atoms with Crippen molar-refractivity contribution in [2.45, 2.75) is 49.8 Å². The Morgan fingerprint density at radius 2 is 1.92 bits per heavy atom. The highest BCUT2D eigenvalue weighted by Crippen LogP contribution is 2.40. The van der Waals surface area contributed by atoms with Crippen molar-refractivity contribution in [1.29, 1.82) is 0 Å². The Morgan fingerprint density at radius 3 is 2.54 bits per heavy atom. The number of aliphatic hydroxyl groups is 1. The van der Waals surface area contributed by atoms with Crippen LogP contribution < -0.4 is 0 Å². The molecule has 0 saturated heterocycles. The summed E-state index contributed by atoms with van der Waals surface area (Å²) in [5.41, 5.74) is 4.28. The zero-order valence-corrected chi connectivity index (χ0v) is 16.1. The minimum absolute atomic E-state index is 0.000593. The summed E-state index contributed by atoms with van der Waals surface area (Å²) in [4.78, 5) is 4.93. The summed E-state index contributed by atoms with van der Waals surface area (Å²) in [6, 6.07) is 10.6. The van der Waals surface area contributed by atoms with Crippen LogP contribution in [0.3, 0.4) is 0 Å². The van der Waals surface area contributed by atoms with Crippen LogP contribution in [-0.2, 0) is 13.2 Å². The number of pyridine rings is 1. The monoisotopic (exact) mass is 370 g/mol. The van der Waals surface area contributed by atoms with E-state index in [1.807, 2.05) is 25.1 Å². The van der Waals surface area contributed by atoms with Gasteiger partial charge < -0.3 is 9.67 Å². The van der Waals surface area contributed by atoms with Crippen molar-refractivity contribution in [2.75, 3.05) is 0 Å². The van der Waals surface area contributed by atoms with Gasteiger partial charge in [-0.05, 0) is 54.3 Å². The van der Waals surface area contributed by atoms with Crippen LogP contribution >= 0.6 is 11.8 Å². The van der Waals surface area contributed by atoms with Crippen molar-refractivity contribution in [1.82, 2.24) is 9.55 Å². The predicted molar refractivity (Wildman–Crippen MR) is 103 cm³/mol. The summed E-state index contributed by atoms with van der Waals surface area (Å²) in [7, 11) is 0. The van der Waals surface area contributed by atoms with Gasteiger partial charge in [-0.1, -0.05) is 31.7 Å². The number of halogens is 1. The SMILES string of the molecule is Cc1c(CO)c(C(C)C)c(Sc2cccc(F)c2)n1Cc1ccncc1. The highest BCUT2D eigenvalue weighted by Gasteiger charge is 2.23. The van der Waals surface area contributed by atoms with E-state index in [9.17, 15) is 9.50 Å². The first kappa shape index (κ1) is 18.7. The van der Waals surface area contributed by atoms with Gasteiger partial charge in [-0.3, -0.25) is 4.98 Å². The zero-order chi connectivity index (χ0) is 18.7. The van der Waals surface area contributed by atoms with Crippen LogP contribution in [0.15, 0.2) is 58.7 Å². The zero-order valence-electron chi connectivity index (χ0n) is 15.2. The molecule has 136 valence electrons. The number of hydrogen-bond donors (Lipinski definition) is 1. The Hall–Kier alpha value is -2.11. The molecular formula is C21H23FN2OS. The Morgan fingerprint density at radius 1 is 1.19 bits per heavy atom. The number of aromatic nitrogens is 2. The molecule has 0 aliphatic carbocycles. The van der Waals surface area contributed by atoms with E-state index in [-0.39, 0.29) is 18.3 Å². The molecule has 0 amide bonds. The lowest BCUT2D eigenvalue weighted by Crippen LogP contribution is -2.04. The van der Waals surface area contributed by atoms with E-state index in [4.69, 9.17) is 0 Å². The standard InChI is InChI=1S/C21H23FN2OS/c1-14(2)20-19(13-25)15(3)24(12-16-7-9-23-10-8-16)21(20)26-18-6-4-5-17(22)11-18/h4-11,14,25H,12-13H2,1-3H3. The van der Waals surface area contributed by atoms with Gasteiger partial charge in [-0.2, -0.15) is 0 Å². The molecule has 0 aliphatic heterocycles. The fraction of sp³-hybridized carbons (Fsp3) is 0.286. The van der Waals surface area contributed by atoms with E-state index >= 15 is 0 Å². The average Bonchev–Trinajstić information content (AvgIpc) is 2.88. The largest absolute Gasteiger partial charge is 0.392 e. The molecule has 1 aromatic carbocycles. The number of benzene rings is 1. The quantitative estimate of drug-likeness (QED) is 0.652. The molecule has 0 saturated carbocycles. The maximum Gasteiger partial charge on any atom is 0.124 e. The summed E-state index contributed by atoms with van der Waals surface area (Å²) in [6.45, 7) is 6.97. The molecule has 3 aromatic rings. The summed E-state index contributed by atoms with van der Waals surface area (Å²) in [6.07, 6.45) is 3.56. The van der Waals surface area contributed by atoms with Gasteiger partial charge in [0.2, 0.25) is 0 Å². The van der Waals surface area contributed by atoms with Crippen molar-refractivity contribution in [3.05, 3.63) is 77.0 Å². The second kappa shape index (κ2) is 8.06. The van der Waals surface area contributed by atoms with E-state index in [2.05, 4.69) is 23.4 Å². The molecule has 0 atom stereocenters. The molecule has 26 heavy (non-hydrogen) atoms. The van der Waals surface area contributed by atoms with Crippen LogP contribution in [-0.4, -0.2) is 14.7 Å². The molecule has 2 aromatic heterocycles. The van der Waals surface area contributed by atoms with Crippen LogP contribution in [0.1, 0.15) is 42.1 Å². The third kappa shape index (κ3) is 3.84. The van der Waals surface area contributed by atoms with Crippen LogP contribution in [0.25, 0.3) is 0 Å². The lowest BCUT2D eigenvalue weighted by atomic mass is 10.0. The fourth-order valence-electron chi connectivity index (χ4n) is 3.19. The summed E-state index contributed by atoms with van der Waals surface area (Å²) in [5, 5.41) is 11.0. The molecule has 3 nitrogen and oxygen atoms in total. The lowest BCUT2D eigenvalue weighted by molar-refractivity contribution is 0.279. The molecule has 0 radical (unpaired) electrons. The number of aliphatic hydroxyl groups excluding tert-OH is 1. The smallest absolute Gasteiger partial charge is 0.124 e. The maximum absolute atomic E-state index is 13.7. The molecule has 0 fully saturated rings. The molecule has 2 heterocycles. The first-order valence-electron chi connectivity index (χ1n) is 8.66. The normalized spacial score (nSPS) is 11.3. The maximum atomic E-state index is 13.7. The van der Waals surface area contributed by atoms with E-state index in [0.29, 0.717) is 6.54 Å². The molecule has 3 rings (SSSR count). The molecule has 1 N–H and O–H groups in total. The van der Waals surface area contributed by atoms with Crippen LogP contribution in [0.2, 0.25) is 0 Å². The minimum Gasteiger partial charge on any atom is -0.392 e. The van der Waals surface area contributed by atoms with Crippen LogP contribution in [0.5, 0.6) is 0 Å². The van der Waals surface area contributed by atoms with Crippen LogP contribution in [0, 0.1) is 12.7 Å². The van der Waals surface area contributed by atoms with Gasteiger partial charge >= 0.3 is 0 Å². The van der Waals surface area contributed by atoms with Crippen LogP contribution in [0.4, 0.5) is 4.39 Å². The number of nitrogens with zero attached hydrogens (tertiary/aromatic N) is 2. The second-order valence-electron chi connectivity index (χ2n) is 6.60. The summed E-state index contributed by atoms with van der Waals surface area (Å²) >= 11 is 1.55. The van der Waals surface area contributed by atoms with Crippen molar-refractivity contribution in [3.8, 4) is 0 Å². The van der Waals surface area contributed by atoms with Gasteiger partial charge in [0.05, 0.1) is 11.6 Å². The Balaban J connectivity index is 2.12. The third-order valence-electron chi connectivity index (χ3n) is 4.48. The molecule has 5 heteroatoms. The van der Waals surface area contributed by atoms with Crippen molar-refractivity contribution in [2.24, 2.45) is 0 Å². The van der Waals surface area contributed by atoms with Gasteiger partial charge in [-0.25, -0.2) is 4.39 Å². The number of hydrogen-bond acceptors (Lipinski definition) is 3. The first-order valence-corrected chi connectivity index (χ1v) is 9.48. The fourth-order valence-corrected chi connectivity index (χ4v) is 4.51. The second-order valence-corrected chi connectivity index (χ2v) is 7.66. The van der Waals surface area contributed by atoms with Gasteiger partial charge in [-0.15, -0.1) is 0 Å². The molecule has 0 bridgehead atoms. The highest BCUT2D eigenvalue weighted by atomic mass is 32.2.